The Balaban J connectivity index is 2.02. The molecular formula is C13H10N4O3S. The monoisotopic (exact) mass is 302 g/mol. The molecule has 2 aromatic rings. The first-order valence-electron chi connectivity index (χ1n) is 5.81. The molecule has 2 rings (SSSR count). The minimum absolute atomic E-state index is 0.332. The molecule has 7 nitrogen and oxygen atoms in total. The van der Waals surface area contributed by atoms with E-state index in [0.29, 0.717) is 16.4 Å². The quantitative estimate of drug-likeness (QED) is 0.797. The maximum absolute atomic E-state index is 11.4. The molecular weight excluding hydrogens is 292 g/mol. The first-order valence-corrected chi connectivity index (χ1v) is 6.69. The fourth-order valence-electron chi connectivity index (χ4n) is 1.50. The van der Waals surface area contributed by atoms with Crippen LogP contribution in [0, 0.1) is 11.3 Å². The number of hydrogen-bond donors (Lipinski definition) is 3. The highest BCUT2D eigenvalue weighted by Crippen LogP contribution is 2.24. The highest BCUT2D eigenvalue weighted by atomic mass is 32.1. The zero-order valence-corrected chi connectivity index (χ0v) is 11.5. The fourth-order valence-corrected chi connectivity index (χ4v) is 2.23. The second-order valence-electron chi connectivity index (χ2n) is 3.93. The van der Waals surface area contributed by atoms with Crippen LogP contribution in [0.1, 0.15) is 5.56 Å². The minimum Gasteiger partial charge on any atom is -0.465 e. The van der Waals surface area contributed by atoms with Gasteiger partial charge in [0.2, 0.25) is 5.91 Å². The van der Waals surface area contributed by atoms with Gasteiger partial charge in [-0.15, -0.1) is 11.3 Å². The Labute approximate surface area is 123 Å². The van der Waals surface area contributed by atoms with Gasteiger partial charge in [0.05, 0.1) is 17.3 Å². The highest BCUT2D eigenvalue weighted by Gasteiger charge is 2.09. The van der Waals surface area contributed by atoms with Crippen molar-refractivity contribution in [3.8, 4) is 17.3 Å². The number of carboxylic acid groups (broad SMARTS) is 1. The molecule has 1 aromatic carbocycles. The van der Waals surface area contributed by atoms with E-state index < -0.39 is 12.0 Å². The van der Waals surface area contributed by atoms with Gasteiger partial charge in [0.1, 0.15) is 6.54 Å². The number of aromatic nitrogens is 1. The lowest BCUT2D eigenvalue weighted by molar-refractivity contribution is -0.115. The van der Waals surface area contributed by atoms with E-state index in [-0.39, 0.29) is 6.54 Å². The van der Waals surface area contributed by atoms with Crippen molar-refractivity contribution >= 4 is 28.5 Å². The van der Waals surface area contributed by atoms with Gasteiger partial charge in [0, 0.05) is 10.9 Å². The maximum atomic E-state index is 11.4. The van der Waals surface area contributed by atoms with Gasteiger partial charge in [-0.05, 0) is 12.1 Å². The molecule has 0 unspecified atom stereocenters. The van der Waals surface area contributed by atoms with Crippen molar-refractivity contribution in [1.29, 1.82) is 5.26 Å². The van der Waals surface area contributed by atoms with Gasteiger partial charge in [0.25, 0.3) is 0 Å². The summed E-state index contributed by atoms with van der Waals surface area (Å²) in [4.78, 5) is 25.9. The predicted molar refractivity (Wildman–Crippen MR) is 76.9 cm³/mol. The minimum atomic E-state index is -1.26. The first kappa shape index (κ1) is 14.5. The molecule has 0 aliphatic carbocycles. The van der Waals surface area contributed by atoms with Gasteiger partial charge < -0.3 is 15.7 Å². The summed E-state index contributed by atoms with van der Waals surface area (Å²) in [7, 11) is 0. The van der Waals surface area contributed by atoms with Crippen molar-refractivity contribution in [2.75, 3.05) is 11.9 Å². The largest absolute Gasteiger partial charge is 0.465 e. The lowest BCUT2D eigenvalue weighted by atomic mass is 10.1. The summed E-state index contributed by atoms with van der Waals surface area (Å²) in [5, 5.41) is 23.7. The second kappa shape index (κ2) is 6.49. The Morgan fingerprint density at radius 2 is 2.05 bits per heavy atom. The summed E-state index contributed by atoms with van der Waals surface area (Å²) in [6.07, 6.45) is -1.26. The molecule has 0 atom stereocenters. The molecule has 3 N–H and O–H groups in total. The Morgan fingerprint density at radius 3 is 2.67 bits per heavy atom. The van der Waals surface area contributed by atoms with E-state index >= 15 is 0 Å². The summed E-state index contributed by atoms with van der Waals surface area (Å²) in [6, 6.07) is 8.94. The number of carbonyl (C=O) groups excluding carboxylic acids is 1. The lowest BCUT2D eigenvalue weighted by Crippen LogP contribution is -2.31. The Morgan fingerprint density at radius 1 is 1.33 bits per heavy atom. The van der Waals surface area contributed by atoms with E-state index in [1.165, 1.54) is 11.3 Å². The number of nitrogens with zero attached hydrogens (tertiary/aromatic N) is 2. The van der Waals surface area contributed by atoms with Crippen LogP contribution in [0.2, 0.25) is 0 Å². The first-order chi connectivity index (χ1) is 10.1. The molecule has 0 bridgehead atoms. The van der Waals surface area contributed by atoms with Crippen LogP contribution in [0.4, 0.5) is 9.93 Å². The Hall–Kier alpha value is -2.92. The van der Waals surface area contributed by atoms with Crippen LogP contribution in [0.15, 0.2) is 29.6 Å². The average molecular weight is 302 g/mol. The SMILES string of the molecule is N#Cc1ccc(-c2csc(NC(=O)CNC(=O)O)n2)cc1. The molecule has 0 saturated carbocycles. The molecule has 106 valence electrons. The number of carbonyl (C=O) groups is 2. The Kier molecular flexibility index (Phi) is 4.48. The third-order valence-electron chi connectivity index (χ3n) is 2.46. The predicted octanol–water partition coefficient (Wildman–Crippen LogP) is 1.89. The van der Waals surface area contributed by atoms with Crippen LogP contribution in [0.5, 0.6) is 0 Å². The normalized spacial score (nSPS) is 9.67. The number of rotatable bonds is 4. The number of amides is 2. The lowest BCUT2D eigenvalue weighted by Gasteiger charge is -2.01. The van der Waals surface area contributed by atoms with Gasteiger partial charge in [-0.3, -0.25) is 4.79 Å². The Bertz CT molecular complexity index is 703. The fraction of sp³-hybridized carbons (Fsp3) is 0.0769. The summed E-state index contributed by atoms with van der Waals surface area (Å²) in [5.41, 5.74) is 2.06. The van der Waals surface area contributed by atoms with Gasteiger partial charge in [-0.2, -0.15) is 5.26 Å². The number of benzene rings is 1. The van der Waals surface area contributed by atoms with Crippen molar-refractivity contribution in [3.63, 3.8) is 0 Å². The molecule has 0 aliphatic heterocycles. The number of nitrogens with one attached hydrogen (secondary N) is 2. The van der Waals surface area contributed by atoms with E-state index in [4.69, 9.17) is 10.4 Å². The van der Waals surface area contributed by atoms with Gasteiger partial charge >= 0.3 is 6.09 Å². The topological polar surface area (TPSA) is 115 Å². The number of nitriles is 1. The van der Waals surface area contributed by atoms with E-state index in [1.54, 1.807) is 29.6 Å². The van der Waals surface area contributed by atoms with Crippen LogP contribution in [-0.4, -0.2) is 28.6 Å². The average Bonchev–Trinajstić information content (AvgIpc) is 2.93. The molecule has 0 saturated heterocycles. The van der Waals surface area contributed by atoms with Crippen molar-refractivity contribution < 1.29 is 14.7 Å². The smallest absolute Gasteiger partial charge is 0.405 e. The maximum Gasteiger partial charge on any atom is 0.405 e. The van der Waals surface area contributed by atoms with Crippen LogP contribution < -0.4 is 10.6 Å². The van der Waals surface area contributed by atoms with Crippen LogP contribution >= 0.6 is 11.3 Å². The molecule has 1 aromatic heterocycles. The van der Waals surface area contributed by atoms with Crippen molar-refractivity contribution in [1.82, 2.24) is 10.3 Å². The second-order valence-corrected chi connectivity index (χ2v) is 4.79. The van der Waals surface area contributed by atoms with Crippen LogP contribution in [0.25, 0.3) is 11.3 Å². The summed E-state index contributed by atoms with van der Waals surface area (Å²) in [6.45, 7) is -0.332. The summed E-state index contributed by atoms with van der Waals surface area (Å²) < 4.78 is 0. The number of thiazole rings is 1. The summed E-state index contributed by atoms with van der Waals surface area (Å²) >= 11 is 1.23. The van der Waals surface area contributed by atoms with E-state index in [2.05, 4.69) is 10.3 Å². The number of anilines is 1. The van der Waals surface area contributed by atoms with E-state index in [9.17, 15) is 9.59 Å². The van der Waals surface area contributed by atoms with E-state index in [1.807, 2.05) is 11.4 Å². The molecule has 0 spiro atoms. The van der Waals surface area contributed by atoms with Gasteiger partial charge in [0.15, 0.2) is 5.13 Å². The van der Waals surface area contributed by atoms with Gasteiger partial charge in [-0.1, -0.05) is 12.1 Å². The molecule has 8 heteroatoms. The van der Waals surface area contributed by atoms with E-state index in [0.717, 1.165) is 5.56 Å². The van der Waals surface area contributed by atoms with Crippen LogP contribution in [0.3, 0.4) is 0 Å². The molecule has 0 aliphatic rings. The zero-order valence-electron chi connectivity index (χ0n) is 10.7. The standard InChI is InChI=1S/C13H10N4O3S/c14-5-8-1-3-9(4-2-8)10-7-21-12(16-10)17-11(18)6-15-13(19)20/h1-4,7,15H,6H2,(H,19,20)(H,16,17,18). The van der Waals surface area contributed by atoms with Gasteiger partial charge in [-0.25, -0.2) is 9.78 Å². The summed E-state index contributed by atoms with van der Waals surface area (Å²) in [5.74, 6) is -0.488. The van der Waals surface area contributed by atoms with Crippen molar-refractivity contribution in [2.45, 2.75) is 0 Å². The molecule has 21 heavy (non-hydrogen) atoms. The van der Waals surface area contributed by atoms with Crippen LogP contribution in [-0.2, 0) is 4.79 Å². The van der Waals surface area contributed by atoms with Crippen molar-refractivity contribution in [2.24, 2.45) is 0 Å². The highest BCUT2D eigenvalue weighted by molar-refractivity contribution is 7.14. The zero-order chi connectivity index (χ0) is 15.2. The molecule has 1 heterocycles. The third kappa shape index (κ3) is 4.02. The molecule has 0 radical (unpaired) electrons. The third-order valence-corrected chi connectivity index (χ3v) is 3.22. The molecule has 0 fully saturated rings. The molecule has 2 amide bonds. The van der Waals surface area contributed by atoms with Crippen molar-refractivity contribution in [3.05, 3.63) is 35.2 Å². The number of hydrogen-bond acceptors (Lipinski definition) is 5.